The molecule has 0 aliphatic carbocycles. The van der Waals surface area contributed by atoms with E-state index in [1.165, 1.54) is 21.1 Å². The van der Waals surface area contributed by atoms with E-state index in [1.807, 2.05) is 50.3 Å². The van der Waals surface area contributed by atoms with Crippen LogP contribution in [0.15, 0.2) is 30.5 Å². The van der Waals surface area contributed by atoms with E-state index in [2.05, 4.69) is 15.6 Å². The predicted octanol–water partition coefficient (Wildman–Crippen LogP) is 3.39. The van der Waals surface area contributed by atoms with Crippen LogP contribution in [-0.2, 0) is 49.3 Å². The molecule has 3 aliphatic heterocycles. The number of hydrogen-bond donors (Lipinski definition) is 3. The molecule has 4 N–H and O–H groups in total. The second kappa shape index (κ2) is 19.9. The van der Waals surface area contributed by atoms with Gasteiger partial charge in [-0.2, -0.15) is 0 Å². The first-order valence-corrected chi connectivity index (χ1v) is 21.4. The van der Waals surface area contributed by atoms with Gasteiger partial charge in [0, 0.05) is 62.9 Å². The molecule has 2 unspecified atom stereocenters. The molecule has 61 heavy (non-hydrogen) atoms. The fraction of sp³-hybridized carbons (Fsp3) is 0.721. The number of unbranched alkanes of at least 4 members (excludes halogenated alkanes) is 1. The number of aliphatic hydroxyl groups is 1. The number of aromatic nitrogens is 3. The van der Waals surface area contributed by atoms with Crippen molar-refractivity contribution in [3.05, 3.63) is 30.5 Å². The number of rotatable bonds is 12. The summed E-state index contributed by atoms with van der Waals surface area (Å²) in [5.41, 5.74) is 6.69. The number of aryl methyl sites for hydroxylation is 1. The summed E-state index contributed by atoms with van der Waals surface area (Å²) in [7, 11) is 6.47. The molecule has 18 nitrogen and oxygen atoms in total. The molecule has 340 valence electrons. The van der Waals surface area contributed by atoms with Crippen molar-refractivity contribution in [3.8, 4) is 11.3 Å². The Bertz CT molecular complexity index is 1840. The Labute approximate surface area is 359 Å². The maximum absolute atomic E-state index is 14.4. The zero-order valence-corrected chi connectivity index (χ0v) is 37.5. The molecular formula is C43H67N7O11. The number of carbonyl (C=O) groups excluding carboxylic acids is 4. The van der Waals surface area contributed by atoms with Crippen molar-refractivity contribution >= 4 is 29.4 Å². The highest BCUT2D eigenvalue weighted by atomic mass is 16.7. The number of ketones is 1. The number of nitrogens with one attached hydrogen (secondary N) is 1. The Balaban J connectivity index is 1.43. The van der Waals surface area contributed by atoms with Gasteiger partial charge < -0.3 is 49.5 Å². The second-order valence-corrected chi connectivity index (χ2v) is 17.4. The van der Waals surface area contributed by atoms with E-state index in [4.69, 9.17) is 34.2 Å². The van der Waals surface area contributed by atoms with E-state index < -0.39 is 89.6 Å². The Hall–Kier alpha value is -4.20. The Morgan fingerprint density at radius 2 is 1.74 bits per heavy atom. The fourth-order valence-electron chi connectivity index (χ4n) is 9.25. The number of Topliss-reactive ketones (excluding diaryl/α,β-unsaturated/α-hetero) is 1. The number of nitrogens with two attached hydrogens (primary N) is 1. The van der Waals surface area contributed by atoms with Gasteiger partial charge >= 0.3 is 12.1 Å². The van der Waals surface area contributed by atoms with Gasteiger partial charge in [0.05, 0.1) is 24.4 Å². The minimum absolute atomic E-state index is 0.102. The van der Waals surface area contributed by atoms with Gasteiger partial charge in [-0.15, -0.1) is 5.10 Å². The third kappa shape index (κ3) is 10.2. The van der Waals surface area contributed by atoms with Crippen LogP contribution in [0.25, 0.3) is 11.3 Å². The monoisotopic (exact) mass is 857 g/mol. The molecule has 0 saturated carbocycles. The first-order chi connectivity index (χ1) is 28.8. The zero-order valence-electron chi connectivity index (χ0n) is 37.5. The highest BCUT2D eigenvalue weighted by molar-refractivity contribution is 6.00. The maximum atomic E-state index is 14.4. The molecule has 5 rings (SSSR count). The van der Waals surface area contributed by atoms with E-state index in [0.29, 0.717) is 37.2 Å². The smallest absolute Gasteiger partial charge is 0.410 e. The Morgan fingerprint density at radius 3 is 2.38 bits per heavy atom. The normalized spacial score (nSPS) is 34.0. The number of esters is 1. The van der Waals surface area contributed by atoms with Crippen molar-refractivity contribution in [2.45, 2.75) is 147 Å². The van der Waals surface area contributed by atoms with Gasteiger partial charge in [0.2, 0.25) is 5.91 Å². The summed E-state index contributed by atoms with van der Waals surface area (Å²) in [6, 6.07) is 5.57. The number of anilines is 1. The number of amides is 2. The Morgan fingerprint density at radius 1 is 1.05 bits per heavy atom. The highest BCUT2D eigenvalue weighted by Gasteiger charge is 2.59. The predicted molar refractivity (Wildman–Crippen MR) is 223 cm³/mol. The number of hydrogen-bond acceptors (Lipinski definition) is 15. The lowest BCUT2D eigenvalue weighted by Crippen LogP contribution is -2.62. The van der Waals surface area contributed by atoms with Crippen molar-refractivity contribution in [2.75, 3.05) is 40.6 Å². The number of methoxy groups -OCH3 is 2. The molecule has 3 aliphatic rings. The van der Waals surface area contributed by atoms with E-state index in [1.54, 1.807) is 50.3 Å². The first kappa shape index (κ1) is 47.8. The van der Waals surface area contributed by atoms with Gasteiger partial charge in [-0.3, -0.25) is 24.0 Å². The summed E-state index contributed by atoms with van der Waals surface area (Å²) >= 11 is 0. The summed E-state index contributed by atoms with van der Waals surface area (Å²) in [4.78, 5) is 60.0. The number of likely N-dealkylation sites (N-methyl/N-ethyl adjacent to an activating group) is 1. The number of ether oxygens (including phenoxy) is 6. The summed E-state index contributed by atoms with van der Waals surface area (Å²) in [6.45, 7) is 12.7. The molecule has 0 bridgehead atoms. The molecule has 1 aromatic carbocycles. The van der Waals surface area contributed by atoms with Crippen molar-refractivity contribution in [3.63, 3.8) is 0 Å². The van der Waals surface area contributed by atoms with Crippen LogP contribution < -0.4 is 11.1 Å². The standard InChI is InChI=1S/C43H67N7O11/c1-12-33-42(7)36(50(41(55)61-42)19-14-13-18-49-23-31(46-47-49)29-16-15-17-30(44)21-29)28(6)45-38(53)24(2)22-43(56-10,57-11)37(26(4)34(51)27(5)39(54)59-33)60-40-35(52)32(48(8)9)20-25(3)58-40/h15-17,21,23-28,32-33,35-37,40,52H,12-14,18-20,22,44H2,1-11H3,(H,45,53)/t24-,25-,26+,27-,28-,32?,33-,35?,36-,37-,40+,42-/m1/s1. The number of fused-ring (bicyclic) bond motifs is 1. The lowest BCUT2D eigenvalue weighted by Gasteiger charge is -2.47. The van der Waals surface area contributed by atoms with E-state index >= 15 is 0 Å². The summed E-state index contributed by atoms with van der Waals surface area (Å²) in [5.74, 6) is -6.72. The highest BCUT2D eigenvalue weighted by Crippen LogP contribution is 2.40. The largest absolute Gasteiger partial charge is 0.458 e. The lowest BCUT2D eigenvalue weighted by molar-refractivity contribution is -0.340. The van der Waals surface area contributed by atoms with Crippen LogP contribution in [0.4, 0.5) is 10.5 Å². The number of aliphatic hydroxyl groups excluding tert-OH is 1. The van der Waals surface area contributed by atoms with Crippen LogP contribution in [0, 0.1) is 17.8 Å². The van der Waals surface area contributed by atoms with Gasteiger partial charge in [-0.1, -0.05) is 38.1 Å². The molecule has 1 aromatic heterocycles. The van der Waals surface area contributed by atoms with Crippen LogP contribution in [0.5, 0.6) is 0 Å². The SMILES string of the molecule is CC[C@H]1OC(=O)[C@H](C)C(=O)[C@H](C)[C@@H](O[C@@H]2O[C@H](C)CC(N(C)C)C2O)C(OC)(OC)C[C@@H](C)C(=O)N[C@H](C)[C@H]2N(CCCCn3cc(-c4cccc(N)c4)nn3)C(=O)O[C@]12C. The van der Waals surface area contributed by atoms with Crippen LogP contribution in [-0.4, -0.2) is 149 Å². The van der Waals surface area contributed by atoms with Gasteiger partial charge in [0.25, 0.3) is 0 Å². The maximum Gasteiger partial charge on any atom is 0.410 e. The number of benzene rings is 1. The molecule has 3 fully saturated rings. The minimum Gasteiger partial charge on any atom is -0.458 e. The number of cyclic esters (lactones) is 1. The minimum atomic E-state index is -1.74. The van der Waals surface area contributed by atoms with Crippen LogP contribution in [0.3, 0.4) is 0 Å². The molecule has 2 aromatic rings. The average Bonchev–Trinajstić information content (AvgIpc) is 3.80. The molecular weight excluding hydrogens is 791 g/mol. The second-order valence-electron chi connectivity index (χ2n) is 17.4. The van der Waals surface area contributed by atoms with Gasteiger partial charge in [0.15, 0.2) is 23.5 Å². The number of nitrogen functional groups attached to an aromatic ring is 1. The van der Waals surface area contributed by atoms with Gasteiger partial charge in [-0.05, 0) is 79.6 Å². The molecule has 12 atom stereocenters. The summed E-state index contributed by atoms with van der Waals surface area (Å²) in [5, 5.41) is 23.1. The van der Waals surface area contributed by atoms with E-state index in [9.17, 15) is 24.3 Å². The molecule has 2 amide bonds. The number of nitrogens with zero attached hydrogens (tertiary/aromatic N) is 5. The first-order valence-electron chi connectivity index (χ1n) is 21.4. The molecule has 4 heterocycles. The average molecular weight is 858 g/mol. The lowest BCUT2D eigenvalue weighted by atomic mass is 9.83. The quantitative estimate of drug-likeness (QED) is 0.0916. The topological polar surface area (TPSA) is 219 Å². The molecule has 18 heteroatoms. The molecule has 3 saturated heterocycles. The van der Waals surface area contributed by atoms with Crippen molar-refractivity contribution in [2.24, 2.45) is 17.8 Å². The van der Waals surface area contributed by atoms with Crippen molar-refractivity contribution < 1.29 is 52.7 Å². The van der Waals surface area contributed by atoms with Crippen molar-refractivity contribution in [1.29, 1.82) is 0 Å². The summed E-state index contributed by atoms with van der Waals surface area (Å²) in [6.07, 6.45) is -1.83. The molecule has 0 spiro atoms. The van der Waals surface area contributed by atoms with Crippen LogP contribution >= 0.6 is 0 Å². The van der Waals surface area contributed by atoms with Crippen molar-refractivity contribution in [1.82, 2.24) is 30.1 Å². The van der Waals surface area contributed by atoms with E-state index in [0.717, 1.165) is 5.56 Å². The van der Waals surface area contributed by atoms with Crippen LogP contribution in [0.2, 0.25) is 0 Å². The zero-order chi connectivity index (χ0) is 45.0. The van der Waals surface area contributed by atoms with Gasteiger partial charge in [-0.25, -0.2) is 4.79 Å². The summed E-state index contributed by atoms with van der Waals surface area (Å²) < 4.78 is 38.8. The van der Waals surface area contributed by atoms with E-state index in [-0.39, 0.29) is 31.5 Å². The third-order valence-corrected chi connectivity index (χ3v) is 12.7. The number of carbonyl (C=O) groups is 4. The third-order valence-electron chi connectivity index (χ3n) is 12.7. The Kier molecular flexibility index (Phi) is 15.6. The molecule has 0 radical (unpaired) electrons. The fourth-order valence-corrected chi connectivity index (χ4v) is 9.25. The van der Waals surface area contributed by atoms with Crippen LogP contribution in [0.1, 0.15) is 80.6 Å². The van der Waals surface area contributed by atoms with Gasteiger partial charge in [0.1, 0.15) is 29.9 Å².